The van der Waals surface area contributed by atoms with Gasteiger partial charge in [0.1, 0.15) is 5.75 Å². The molecule has 18 heavy (non-hydrogen) atoms. The van der Waals surface area contributed by atoms with E-state index in [0.29, 0.717) is 0 Å². The van der Waals surface area contributed by atoms with Crippen molar-refractivity contribution < 1.29 is 9.84 Å². The van der Waals surface area contributed by atoms with Crippen LogP contribution in [0, 0.1) is 0 Å². The molecule has 0 amide bonds. The van der Waals surface area contributed by atoms with Gasteiger partial charge in [0.15, 0.2) is 0 Å². The highest BCUT2D eigenvalue weighted by Gasteiger charge is 1.98. The van der Waals surface area contributed by atoms with Crippen LogP contribution in [0.25, 0.3) is 6.08 Å². The Morgan fingerprint density at radius 2 is 1.89 bits per heavy atom. The second kappa shape index (κ2) is 8.76. The number of ether oxygens (including phenoxy) is 1. The fraction of sp³-hybridized carbons (Fsp3) is 0.500. The zero-order chi connectivity index (χ0) is 13.2. The summed E-state index contributed by atoms with van der Waals surface area (Å²) in [5, 5.41) is 9.80. The van der Waals surface area contributed by atoms with E-state index < -0.39 is 0 Å². The zero-order valence-electron chi connectivity index (χ0n) is 11.4. The van der Waals surface area contributed by atoms with Crippen LogP contribution in [-0.2, 0) is 0 Å². The van der Waals surface area contributed by atoms with Gasteiger partial charge in [0.2, 0.25) is 0 Å². The molecule has 100 valence electrons. The molecule has 2 nitrogen and oxygen atoms in total. The Bertz CT molecular complexity index is 341. The molecule has 1 aromatic carbocycles. The van der Waals surface area contributed by atoms with Crippen LogP contribution in [-0.4, -0.2) is 18.3 Å². The number of benzene rings is 1. The van der Waals surface area contributed by atoms with Gasteiger partial charge in [-0.25, -0.2) is 0 Å². The number of methoxy groups -OCH3 is 1. The number of hydrogen-bond acceptors (Lipinski definition) is 2. The summed E-state index contributed by atoms with van der Waals surface area (Å²) in [7, 11) is 1.66. The van der Waals surface area contributed by atoms with Crippen LogP contribution in [0.15, 0.2) is 30.3 Å². The molecule has 0 aliphatic rings. The largest absolute Gasteiger partial charge is 0.497 e. The summed E-state index contributed by atoms with van der Waals surface area (Å²) in [6.45, 7) is 2.19. The van der Waals surface area contributed by atoms with Crippen molar-refractivity contribution in [3.8, 4) is 5.75 Å². The van der Waals surface area contributed by atoms with Gasteiger partial charge in [0.25, 0.3) is 0 Å². The van der Waals surface area contributed by atoms with Crippen molar-refractivity contribution in [2.24, 2.45) is 0 Å². The molecular weight excluding hydrogens is 224 g/mol. The normalized spacial score (nSPS) is 12.8. The van der Waals surface area contributed by atoms with Crippen LogP contribution < -0.4 is 4.74 Å². The Labute approximate surface area is 110 Å². The minimum absolute atomic E-state index is 0.330. The summed E-state index contributed by atoms with van der Waals surface area (Å²) in [5.74, 6) is 0.854. The molecule has 0 saturated heterocycles. The molecular formula is C16H24O2. The summed E-state index contributed by atoms with van der Waals surface area (Å²) in [4.78, 5) is 0. The average molecular weight is 248 g/mol. The molecule has 2 heteroatoms. The van der Waals surface area contributed by atoms with Gasteiger partial charge in [-0.1, -0.05) is 56.9 Å². The summed E-state index contributed by atoms with van der Waals surface area (Å²) >= 11 is 0. The molecule has 0 bridgehead atoms. The van der Waals surface area contributed by atoms with Crippen molar-refractivity contribution in [3.63, 3.8) is 0 Å². The van der Waals surface area contributed by atoms with Gasteiger partial charge < -0.3 is 9.84 Å². The lowest BCUT2D eigenvalue weighted by Gasteiger charge is -2.05. The predicted molar refractivity (Wildman–Crippen MR) is 76.8 cm³/mol. The van der Waals surface area contributed by atoms with Gasteiger partial charge in [0.05, 0.1) is 13.2 Å². The van der Waals surface area contributed by atoms with Crippen molar-refractivity contribution in [2.45, 2.75) is 45.1 Å². The van der Waals surface area contributed by atoms with E-state index in [1.54, 1.807) is 7.11 Å². The minimum atomic E-state index is -0.330. The lowest BCUT2D eigenvalue weighted by atomic mass is 10.1. The molecule has 1 atom stereocenters. The molecule has 0 saturated carbocycles. The highest BCUT2D eigenvalue weighted by molar-refractivity contribution is 5.50. The first-order valence-corrected chi connectivity index (χ1v) is 6.76. The van der Waals surface area contributed by atoms with Crippen LogP contribution in [0.5, 0.6) is 5.75 Å². The predicted octanol–water partition coefficient (Wildman–Crippen LogP) is 4.04. The van der Waals surface area contributed by atoms with Crippen molar-refractivity contribution >= 4 is 6.08 Å². The molecule has 0 radical (unpaired) electrons. The number of hydrogen-bond donors (Lipinski definition) is 1. The summed E-state index contributed by atoms with van der Waals surface area (Å²) < 4.78 is 5.10. The number of aliphatic hydroxyl groups is 1. The number of aliphatic hydroxyl groups excluding tert-OH is 1. The van der Waals surface area contributed by atoms with E-state index in [9.17, 15) is 5.11 Å². The molecule has 1 N–H and O–H groups in total. The van der Waals surface area contributed by atoms with Crippen LogP contribution in [0.4, 0.5) is 0 Å². The maximum atomic E-state index is 9.80. The quantitative estimate of drug-likeness (QED) is 0.703. The lowest BCUT2D eigenvalue weighted by molar-refractivity contribution is 0.209. The highest BCUT2D eigenvalue weighted by atomic mass is 16.5. The standard InChI is InChI=1S/C16H24O2/c1-3-4-5-6-7-15(17)11-8-14-9-12-16(18-2)13-10-14/h8-13,15,17H,3-7H2,1-2H3/b11-8+/t15-/m1/s1. The van der Waals surface area contributed by atoms with Crippen LogP contribution in [0.1, 0.15) is 44.6 Å². The second-order valence-corrected chi connectivity index (χ2v) is 4.55. The molecule has 1 aromatic rings. The molecule has 0 heterocycles. The van der Waals surface area contributed by atoms with E-state index in [1.807, 2.05) is 36.4 Å². The monoisotopic (exact) mass is 248 g/mol. The minimum Gasteiger partial charge on any atom is -0.497 e. The Hall–Kier alpha value is -1.28. The summed E-state index contributed by atoms with van der Waals surface area (Å²) in [6, 6.07) is 7.82. The third-order valence-corrected chi connectivity index (χ3v) is 2.98. The van der Waals surface area contributed by atoms with E-state index in [1.165, 1.54) is 19.3 Å². The van der Waals surface area contributed by atoms with Crippen molar-refractivity contribution in [1.82, 2.24) is 0 Å². The summed E-state index contributed by atoms with van der Waals surface area (Å²) in [6.07, 6.45) is 9.16. The lowest BCUT2D eigenvalue weighted by Crippen LogP contribution is -2.01. The zero-order valence-corrected chi connectivity index (χ0v) is 11.4. The first-order valence-electron chi connectivity index (χ1n) is 6.76. The van der Waals surface area contributed by atoms with E-state index >= 15 is 0 Å². The Balaban J connectivity index is 2.33. The maximum Gasteiger partial charge on any atom is 0.118 e. The van der Waals surface area contributed by atoms with Crippen LogP contribution in [0.3, 0.4) is 0 Å². The molecule has 0 fully saturated rings. The van der Waals surface area contributed by atoms with Crippen molar-refractivity contribution in [1.29, 1.82) is 0 Å². The van der Waals surface area contributed by atoms with Gasteiger partial charge in [-0.05, 0) is 24.1 Å². The molecule has 0 aliphatic carbocycles. The van der Waals surface area contributed by atoms with Gasteiger partial charge in [0, 0.05) is 0 Å². The van der Waals surface area contributed by atoms with E-state index in [4.69, 9.17) is 4.74 Å². The van der Waals surface area contributed by atoms with Gasteiger partial charge in [-0.2, -0.15) is 0 Å². The second-order valence-electron chi connectivity index (χ2n) is 4.55. The number of unbranched alkanes of at least 4 members (excludes halogenated alkanes) is 3. The Morgan fingerprint density at radius 1 is 1.17 bits per heavy atom. The third kappa shape index (κ3) is 5.87. The topological polar surface area (TPSA) is 29.5 Å². The van der Waals surface area contributed by atoms with Crippen LogP contribution in [0.2, 0.25) is 0 Å². The average Bonchev–Trinajstić information content (AvgIpc) is 2.42. The SMILES string of the molecule is CCCCCC[C@@H](O)/C=C/c1ccc(OC)cc1. The third-order valence-electron chi connectivity index (χ3n) is 2.98. The fourth-order valence-electron chi connectivity index (χ4n) is 1.81. The maximum absolute atomic E-state index is 9.80. The fourth-order valence-corrected chi connectivity index (χ4v) is 1.81. The van der Waals surface area contributed by atoms with Crippen LogP contribution >= 0.6 is 0 Å². The molecule has 0 aromatic heterocycles. The van der Waals surface area contributed by atoms with E-state index in [-0.39, 0.29) is 6.10 Å². The first-order chi connectivity index (χ1) is 8.76. The molecule has 0 unspecified atom stereocenters. The van der Waals surface area contributed by atoms with Crippen molar-refractivity contribution in [3.05, 3.63) is 35.9 Å². The Kier molecular flexibility index (Phi) is 7.19. The van der Waals surface area contributed by atoms with Crippen molar-refractivity contribution in [2.75, 3.05) is 7.11 Å². The van der Waals surface area contributed by atoms with E-state index in [2.05, 4.69) is 6.92 Å². The molecule has 0 aliphatic heterocycles. The Morgan fingerprint density at radius 3 is 2.50 bits per heavy atom. The number of rotatable bonds is 8. The van der Waals surface area contributed by atoms with Gasteiger partial charge >= 0.3 is 0 Å². The molecule has 0 spiro atoms. The highest BCUT2D eigenvalue weighted by Crippen LogP contribution is 2.13. The first kappa shape index (κ1) is 14.8. The smallest absolute Gasteiger partial charge is 0.118 e. The summed E-state index contributed by atoms with van der Waals surface area (Å²) in [5.41, 5.74) is 1.09. The van der Waals surface area contributed by atoms with E-state index in [0.717, 1.165) is 24.2 Å². The van der Waals surface area contributed by atoms with Gasteiger partial charge in [-0.3, -0.25) is 0 Å². The van der Waals surface area contributed by atoms with Gasteiger partial charge in [-0.15, -0.1) is 0 Å². The molecule has 1 rings (SSSR count).